The van der Waals surface area contributed by atoms with Crippen LogP contribution in [0.3, 0.4) is 0 Å². The van der Waals surface area contributed by atoms with Crippen molar-refractivity contribution in [1.82, 2.24) is 30.1 Å². The summed E-state index contributed by atoms with van der Waals surface area (Å²) in [5.41, 5.74) is 1.06. The van der Waals surface area contributed by atoms with E-state index in [4.69, 9.17) is 11.6 Å². The molecule has 0 bridgehead atoms. The number of hydrazone groups is 1. The Labute approximate surface area is 220 Å². The van der Waals surface area contributed by atoms with Gasteiger partial charge in [-0.25, -0.2) is 10.0 Å². The van der Waals surface area contributed by atoms with Gasteiger partial charge >= 0.3 is 0 Å². The summed E-state index contributed by atoms with van der Waals surface area (Å²) >= 11 is 6.86. The van der Waals surface area contributed by atoms with Crippen molar-refractivity contribution in [3.05, 3.63) is 53.9 Å². The highest BCUT2D eigenvalue weighted by molar-refractivity contribution is 6.64. The number of amides is 1. The Balaban J connectivity index is 1.35. The van der Waals surface area contributed by atoms with E-state index in [0.29, 0.717) is 50.2 Å². The average molecular weight is 519 g/mol. The third-order valence-corrected chi connectivity index (χ3v) is 7.28. The van der Waals surface area contributed by atoms with Crippen molar-refractivity contribution < 1.29 is 4.79 Å². The number of hydrogen-bond acceptors (Lipinski definition) is 10. The second-order valence-electron chi connectivity index (χ2n) is 9.79. The Hall–Kier alpha value is -3.93. The molecule has 11 nitrogen and oxygen atoms in total. The quantitative estimate of drug-likeness (QED) is 0.430. The van der Waals surface area contributed by atoms with Gasteiger partial charge in [0, 0.05) is 38.6 Å². The van der Waals surface area contributed by atoms with Gasteiger partial charge in [-0.15, -0.1) is 5.10 Å². The van der Waals surface area contributed by atoms with Crippen LogP contribution in [0.25, 0.3) is 0 Å². The number of hydrazine groups is 2. The van der Waals surface area contributed by atoms with E-state index in [1.165, 1.54) is 16.1 Å². The first kappa shape index (κ1) is 23.5. The zero-order valence-corrected chi connectivity index (χ0v) is 21.0. The molecule has 12 heteroatoms. The number of allylic oxidation sites excluding steroid dienone is 1. The number of hydrogen-bond donors (Lipinski definition) is 1. The van der Waals surface area contributed by atoms with Gasteiger partial charge < -0.3 is 10.2 Å². The molecule has 0 unspecified atom stereocenters. The fourth-order valence-corrected chi connectivity index (χ4v) is 4.98. The zero-order chi connectivity index (χ0) is 25.5. The minimum Gasteiger partial charge on any atom is -0.364 e. The highest BCUT2D eigenvalue weighted by atomic mass is 35.5. The van der Waals surface area contributed by atoms with Crippen LogP contribution in [-0.4, -0.2) is 68.2 Å². The van der Waals surface area contributed by atoms with E-state index in [0.717, 1.165) is 31.4 Å². The zero-order valence-electron chi connectivity index (χ0n) is 20.3. The minimum absolute atomic E-state index is 0.129. The summed E-state index contributed by atoms with van der Waals surface area (Å²) in [5.74, 6) is 1.78. The fourth-order valence-electron chi connectivity index (χ4n) is 4.75. The largest absolute Gasteiger partial charge is 0.364 e. The van der Waals surface area contributed by atoms with Crippen molar-refractivity contribution in [3.8, 4) is 12.3 Å². The summed E-state index contributed by atoms with van der Waals surface area (Å²) in [6.45, 7) is 2.42. The van der Waals surface area contributed by atoms with Crippen LogP contribution < -0.4 is 10.4 Å². The van der Waals surface area contributed by atoms with E-state index < -0.39 is 0 Å². The molecule has 1 aromatic rings. The summed E-state index contributed by atoms with van der Waals surface area (Å²) in [7, 11) is 0. The highest BCUT2D eigenvalue weighted by Gasteiger charge is 2.44. The van der Waals surface area contributed by atoms with Crippen molar-refractivity contribution in [2.45, 2.75) is 38.1 Å². The predicted molar refractivity (Wildman–Crippen MR) is 136 cm³/mol. The number of piperazine rings is 1. The second kappa shape index (κ2) is 9.51. The molecular formula is C25H27ClN10O. The molecule has 0 spiro atoms. The molecule has 37 heavy (non-hydrogen) atoms. The van der Waals surface area contributed by atoms with Crippen LogP contribution in [0.1, 0.15) is 32.1 Å². The van der Waals surface area contributed by atoms with Crippen LogP contribution in [0.5, 0.6) is 0 Å². The standard InChI is InChI=1S/C25H27ClN10O/c26-25-30-34-21(15-27)16-32(17-28)24(34)23(29-19-8-9-19)35(25)36(20-4-2-1-3-5-20)33-12-10-31(11-13-33)22(37)14-18-6-7-18/h1-5,16,18-19,29H,6-14H2. The van der Waals surface area contributed by atoms with Gasteiger partial charge in [-0.05, 0) is 55.3 Å². The van der Waals surface area contributed by atoms with Gasteiger partial charge in [0.05, 0.1) is 11.9 Å². The molecule has 1 amide bonds. The number of carbonyl (C=O) groups is 1. The van der Waals surface area contributed by atoms with Gasteiger partial charge in [-0.2, -0.15) is 25.6 Å². The molecular weight excluding hydrogens is 492 g/mol. The van der Waals surface area contributed by atoms with Crippen LogP contribution in [0.4, 0.5) is 5.69 Å². The summed E-state index contributed by atoms with van der Waals surface area (Å²) in [6, 6.07) is 12.1. The topological polar surface area (TPSA) is 108 Å². The minimum atomic E-state index is 0.129. The van der Waals surface area contributed by atoms with Gasteiger partial charge in [0.2, 0.25) is 11.2 Å². The molecule has 5 aliphatic rings. The first-order valence-corrected chi connectivity index (χ1v) is 13.0. The van der Waals surface area contributed by atoms with E-state index in [-0.39, 0.29) is 22.9 Å². The number of para-hydroxylation sites is 1. The number of halogens is 1. The molecule has 3 fully saturated rings. The lowest BCUT2D eigenvalue weighted by atomic mass is 10.2. The third-order valence-electron chi connectivity index (χ3n) is 7.04. The number of fused-ring (bicyclic) bond motifs is 1. The van der Waals surface area contributed by atoms with Crippen LogP contribution in [0.2, 0.25) is 0 Å². The number of anilines is 1. The SMILES string of the molecule is N#CC1=CN(C#N)C2=C(NC3CC3)N(N(c3ccccc3)N3CCN(C(=O)CC4CC4)CC3)C(Cl)=NN12. The predicted octanol–water partition coefficient (Wildman–Crippen LogP) is 2.43. The van der Waals surface area contributed by atoms with Gasteiger partial charge in [0.1, 0.15) is 6.07 Å². The lowest BCUT2D eigenvalue weighted by Gasteiger charge is -2.48. The molecule has 3 aliphatic heterocycles. The number of nitrogens with one attached hydrogen (secondary N) is 1. The first-order chi connectivity index (χ1) is 18.1. The molecule has 0 atom stereocenters. The lowest BCUT2D eigenvalue weighted by molar-refractivity contribution is -0.133. The molecule has 190 valence electrons. The maximum atomic E-state index is 12.7. The molecule has 1 saturated heterocycles. The summed E-state index contributed by atoms with van der Waals surface area (Å²) in [4.78, 5) is 16.0. The summed E-state index contributed by atoms with van der Waals surface area (Å²) in [6.07, 6.45) is 8.54. The van der Waals surface area contributed by atoms with E-state index >= 15 is 0 Å². The molecule has 2 aliphatic carbocycles. The maximum absolute atomic E-state index is 12.7. The van der Waals surface area contributed by atoms with Crippen LogP contribution in [0, 0.1) is 28.7 Å². The fraction of sp³-hybridized carbons (Fsp3) is 0.440. The lowest BCUT2D eigenvalue weighted by Crippen LogP contribution is -2.63. The highest BCUT2D eigenvalue weighted by Crippen LogP contribution is 2.37. The molecule has 2 saturated carbocycles. The van der Waals surface area contributed by atoms with Crippen molar-refractivity contribution in [2.24, 2.45) is 11.0 Å². The van der Waals surface area contributed by atoms with E-state index in [1.54, 1.807) is 5.01 Å². The Bertz CT molecular complexity index is 1250. The number of rotatable bonds is 7. The number of amidine groups is 1. The third kappa shape index (κ3) is 4.52. The summed E-state index contributed by atoms with van der Waals surface area (Å²) in [5, 5.41) is 35.0. The summed E-state index contributed by atoms with van der Waals surface area (Å²) < 4.78 is 0. The average Bonchev–Trinajstić information content (AvgIpc) is 3.86. The van der Waals surface area contributed by atoms with Crippen molar-refractivity contribution in [3.63, 3.8) is 0 Å². The van der Waals surface area contributed by atoms with Crippen molar-refractivity contribution >= 4 is 28.5 Å². The Morgan fingerprint density at radius 3 is 2.46 bits per heavy atom. The molecule has 1 aromatic carbocycles. The number of nitrogens with zero attached hydrogens (tertiary/aromatic N) is 9. The van der Waals surface area contributed by atoms with E-state index in [9.17, 15) is 15.3 Å². The van der Waals surface area contributed by atoms with Crippen molar-refractivity contribution in [2.75, 3.05) is 31.3 Å². The smallest absolute Gasteiger partial charge is 0.244 e. The normalized spacial score (nSPS) is 21.7. The maximum Gasteiger partial charge on any atom is 0.244 e. The van der Waals surface area contributed by atoms with E-state index in [1.807, 2.05) is 40.3 Å². The molecule has 6 rings (SSSR count). The number of carbonyl (C=O) groups excluding carboxylic acids is 1. The van der Waals surface area contributed by atoms with Crippen molar-refractivity contribution in [1.29, 1.82) is 10.5 Å². The van der Waals surface area contributed by atoms with Gasteiger partial charge in [0.25, 0.3) is 0 Å². The number of benzene rings is 1. The Morgan fingerprint density at radius 1 is 1.11 bits per heavy atom. The molecule has 1 N–H and O–H groups in total. The monoisotopic (exact) mass is 518 g/mol. The Kier molecular flexibility index (Phi) is 6.03. The molecule has 0 aromatic heterocycles. The van der Waals surface area contributed by atoms with E-state index in [2.05, 4.69) is 27.7 Å². The number of nitriles is 2. The Morgan fingerprint density at radius 2 is 1.84 bits per heavy atom. The van der Waals surface area contributed by atoms with Crippen LogP contribution in [-0.2, 0) is 4.79 Å². The van der Waals surface area contributed by atoms with Gasteiger partial charge in [-0.3, -0.25) is 4.79 Å². The molecule has 3 heterocycles. The second-order valence-corrected chi connectivity index (χ2v) is 10.1. The van der Waals surface area contributed by atoms with Gasteiger partial charge in [0.15, 0.2) is 23.5 Å². The first-order valence-electron chi connectivity index (χ1n) is 12.6. The van der Waals surface area contributed by atoms with Gasteiger partial charge in [-0.1, -0.05) is 18.2 Å². The van der Waals surface area contributed by atoms with Crippen LogP contribution in [0.15, 0.2) is 59.0 Å². The van der Waals surface area contributed by atoms with Crippen LogP contribution >= 0.6 is 11.6 Å². The molecule has 0 radical (unpaired) electrons.